The highest BCUT2D eigenvalue weighted by Crippen LogP contribution is 2.12. The van der Waals surface area contributed by atoms with Crippen molar-refractivity contribution in [2.75, 3.05) is 0 Å². The lowest BCUT2D eigenvalue weighted by Gasteiger charge is -2.01. The zero-order valence-electron chi connectivity index (χ0n) is 10.6. The van der Waals surface area contributed by atoms with Gasteiger partial charge in [-0.2, -0.15) is 5.10 Å². The van der Waals surface area contributed by atoms with E-state index >= 15 is 0 Å². The largest absolute Gasteiger partial charge is 0.360 e. The van der Waals surface area contributed by atoms with Gasteiger partial charge in [-0.25, -0.2) is 0 Å². The van der Waals surface area contributed by atoms with E-state index in [0.717, 1.165) is 29.6 Å². The summed E-state index contributed by atoms with van der Waals surface area (Å²) in [5.74, 6) is 0.0399. The summed E-state index contributed by atoms with van der Waals surface area (Å²) in [6, 6.07) is 4.10. The van der Waals surface area contributed by atoms with E-state index in [9.17, 15) is 4.79 Å². The van der Waals surface area contributed by atoms with E-state index in [-0.39, 0.29) is 5.78 Å². The van der Waals surface area contributed by atoms with E-state index in [1.54, 1.807) is 24.0 Å². The second-order valence-corrected chi connectivity index (χ2v) is 4.54. The number of Topliss-reactive ketones (excluding diaryl/α,β-unsaturated/α-hetero) is 1. The monoisotopic (exact) mass is 254 g/mol. The number of hydrogen-bond acceptors (Lipinski definition) is 3. The van der Waals surface area contributed by atoms with Crippen molar-refractivity contribution < 1.29 is 4.79 Å². The highest BCUT2D eigenvalue weighted by Gasteiger charge is 2.04. The van der Waals surface area contributed by atoms with Crippen LogP contribution in [0.25, 0.3) is 10.9 Å². The number of nitrogens with zero attached hydrogens (tertiary/aromatic N) is 3. The number of ketones is 1. The molecule has 3 aromatic rings. The number of aryl methyl sites for hydroxylation is 2. The molecule has 0 aliphatic carbocycles. The van der Waals surface area contributed by atoms with Crippen LogP contribution in [0.1, 0.15) is 23.0 Å². The summed E-state index contributed by atoms with van der Waals surface area (Å²) in [5, 5.41) is 5.33. The molecule has 96 valence electrons. The van der Waals surface area contributed by atoms with Crippen LogP contribution < -0.4 is 0 Å². The van der Waals surface area contributed by atoms with Gasteiger partial charge in [0.2, 0.25) is 0 Å². The number of fused-ring (bicyclic) bond motifs is 1. The average Bonchev–Trinajstić information content (AvgIpc) is 3.04. The molecule has 19 heavy (non-hydrogen) atoms. The van der Waals surface area contributed by atoms with Crippen LogP contribution in [0.5, 0.6) is 0 Å². The minimum absolute atomic E-state index is 0.0399. The Labute approximate surface area is 110 Å². The van der Waals surface area contributed by atoms with Gasteiger partial charge < -0.3 is 4.98 Å². The number of hydrogen-bond donors (Lipinski definition) is 1. The van der Waals surface area contributed by atoms with E-state index in [0.29, 0.717) is 5.56 Å². The van der Waals surface area contributed by atoms with Crippen LogP contribution in [0, 0.1) is 0 Å². The number of rotatable bonds is 4. The summed E-state index contributed by atoms with van der Waals surface area (Å²) in [6.07, 6.45) is 7.92. The summed E-state index contributed by atoms with van der Waals surface area (Å²) in [6.45, 7) is 2.26. The fourth-order valence-corrected chi connectivity index (χ4v) is 2.03. The van der Waals surface area contributed by atoms with E-state index in [1.807, 2.05) is 18.5 Å². The molecule has 0 unspecified atom stereocenters. The summed E-state index contributed by atoms with van der Waals surface area (Å²) in [5.41, 5.74) is 2.71. The molecular formula is C14H14N4O. The molecule has 0 spiro atoms. The molecule has 3 rings (SSSR count). The van der Waals surface area contributed by atoms with Gasteiger partial charge in [-0.1, -0.05) is 0 Å². The van der Waals surface area contributed by atoms with E-state index in [2.05, 4.69) is 21.1 Å². The first-order chi connectivity index (χ1) is 9.22. The van der Waals surface area contributed by atoms with Gasteiger partial charge in [-0.05, 0) is 19.1 Å². The first kappa shape index (κ1) is 11.6. The molecule has 0 bridgehead atoms. The topological polar surface area (TPSA) is 63.6 Å². The lowest BCUT2D eigenvalue weighted by atomic mass is 10.2. The van der Waals surface area contributed by atoms with Gasteiger partial charge in [-0.3, -0.25) is 14.5 Å². The quantitative estimate of drug-likeness (QED) is 0.726. The van der Waals surface area contributed by atoms with Gasteiger partial charge in [0.1, 0.15) is 0 Å². The normalized spacial score (nSPS) is 11.0. The Bertz CT molecular complexity index is 726. The second kappa shape index (κ2) is 4.68. The Balaban J connectivity index is 1.72. The van der Waals surface area contributed by atoms with Crippen molar-refractivity contribution >= 4 is 16.7 Å². The average molecular weight is 254 g/mol. The smallest absolute Gasteiger partial charge is 0.162 e. The number of aromatic amines is 1. The molecule has 5 heteroatoms. The third-order valence-electron chi connectivity index (χ3n) is 3.13. The maximum Gasteiger partial charge on any atom is 0.162 e. The summed E-state index contributed by atoms with van der Waals surface area (Å²) >= 11 is 0. The van der Waals surface area contributed by atoms with E-state index in [4.69, 9.17) is 0 Å². The van der Waals surface area contributed by atoms with Crippen LogP contribution in [0.3, 0.4) is 0 Å². The second-order valence-electron chi connectivity index (χ2n) is 4.54. The molecule has 0 aromatic carbocycles. The predicted octanol–water partition coefficient (Wildman–Crippen LogP) is 2.20. The number of nitrogens with one attached hydrogen (secondary N) is 1. The molecule has 0 saturated carbocycles. The van der Waals surface area contributed by atoms with Crippen LogP contribution in [0.15, 0.2) is 36.9 Å². The lowest BCUT2D eigenvalue weighted by molar-refractivity contribution is 0.101. The fraction of sp³-hybridized carbons (Fsp3) is 0.214. The zero-order chi connectivity index (χ0) is 13.2. The molecule has 0 saturated heterocycles. The predicted molar refractivity (Wildman–Crippen MR) is 72.0 cm³/mol. The van der Waals surface area contributed by atoms with Crippen LogP contribution in [0.2, 0.25) is 0 Å². The van der Waals surface area contributed by atoms with Gasteiger partial charge in [0.15, 0.2) is 5.78 Å². The van der Waals surface area contributed by atoms with Crippen molar-refractivity contribution in [3.63, 3.8) is 0 Å². The molecule has 0 aliphatic rings. The van der Waals surface area contributed by atoms with Gasteiger partial charge in [0.05, 0.1) is 23.5 Å². The zero-order valence-corrected chi connectivity index (χ0v) is 10.6. The molecule has 3 heterocycles. The lowest BCUT2D eigenvalue weighted by Crippen LogP contribution is -2.03. The summed E-state index contributed by atoms with van der Waals surface area (Å²) in [4.78, 5) is 18.7. The minimum atomic E-state index is 0.0399. The van der Waals surface area contributed by atoms with Crippen LogP contribution in [-0.4, -0.2) is 25.5 Å². The van der Waals surface area contributed by atoms with Gasteiger partial charge in [0, 0.05) is 36.4 Å². The molecule has 0 atom stereocenters. The third-order valence-corrected chi connectivity index (χ3v) is 3.13. The minimum Gasteiger partial charge on any atom is -0.360 e. The summed E-state index contributed by atoms with van der Waals surface area (Å²) in [7, 11) is 0. The maximum absolute atomic E-state index is 11.2. The van der Waals surface area contributed by atoms with Gasteiger partial charge >= 0.3 is 0 Å². The van der Waals surface area contributed by atoms with Crippen molar-refractivity contribution in [2.45, 2.75) is 19.9 Å². The number of H-pyrrole nitrogens is 1. The summed E-state index contributed by atoms with van der Waals surface area (Å²) < 4.78 is 1.78. The van der Waals surface area contributed by atoms with Crippen LogP contribution >= 0.6 is 0 Å². The van der Waals surface area contributed by atoms with Gasteiger partial charge in [0.25, 0.3) is 0 Å². The van der Waals surface area contributed by atoms with Crippen LogP contribution in [0.4, 0.5) is 0 Å². The van der Waals surface area contributed by atoms with Crippen molar-refractivity contribution in [2.24, 2.45) is 0 Å². The Hall–Kier alpha value is -2.43. The van der Waals surface area contributed by atoms with Gasteiger partial charge in [-0.15, -0.1) is 0 Å². The molecule has 3 aromatic heterocycles. The van der Waals surface area contributed by atoms with Crippen molar-refractivity contribution in [3.05, 3.63) is 48.2 Å². The van der Waals surface area contributed by atoms with Crippen molar-refractivity contribution in [3.8, 4) is 0 Å². The number of pyridine rings is 1. The van der Waals surface area contributed by atoms with E-state index < -0.39 is 0 Å². The Morgan fingerprint density at radius 1 is 1.42 bits per heavy atom. The first-order valence-electron chi connectivity index (χ1n) is 6.18. The Morgan fingerprint density at radius 2 is 2.32 bits per heavy atom. The Morgan fingerprint density at radius 3 is 3.11 bits per heavy atom. The molecule has 0 aliphatic heterocycles. The van der Waals surface area contributed by atoms with Crippen molar-refractivity contribution in [1.29, 1.82) is 0 Å². The number of carbonyl (C=O) groups is 1. The maximum atomic E-state index is 11.2. The first-order valence-corrected chi connectivity index (χ1v) is 6.18. The third kappa shape index (κ3) is 2.40. The highest BCUT2D eigenvalue weighted by molar-refractivity contribution is 5.93. The number of aromatic nitrogens is 4. The highest BCUT2D eigenvalue weighted by atomic mass is 16.1. The SMILES string of the molecule is CC(=O)c1cnn(CCc2cc3cc[nH]c3cn2)c1. The van der Waals surface area contributed by atoms with Crippen LogP contribution in [-0.2, 0) is 13.0 Å². The molecule has 0 radical (unpaired) electrons. The van der Waals surface area contributed by atoms with E-state index in [1.165, 1.54) is 0 Å². The Kier molecular flexibility index (Phi) is 2.87. The molecular weight excluding hydrogens is 240 g/mol. The number of carbonyl (C=O) groups excluding carboxylic acids is 1. The molecule has 0 amide bonds. The molecule has 0 fully saturated rings. The fourth-order valence-electron chi connectivity index (χ4n) is 2.03. The molecule has 5 nitrogen and oxygen atoms in total. The molecule has 1 N–H and O–H groups in total. The standard InChI is InChI=1S/C14H14N4O/c1-10(19)12-7-17-18(9-12)5-3-13-6-11-2-4-15-14(11)8-16-13/h2,4,6-9,15H,3,5H2,1H3. The van der Waals surface area contributed by atoms with Crippen molar-refractivity contribution in [1.82, 2.24) is 19.7 Å².